The largest absolute Gasteiger partial charge is 0.322 e. The topological polar surface area (TPSA) is 29.1 Å². The van der Waals surface area contributed by atoms with Gasteiger partial charge in [0.05, 0.1) is 4.58 Å². The van der Waals surface area contributed by atoms with E-state index in [2.05, 4.69) is 17.4 Å². The van der Waals surface area contributed by atoms with E-state index in [1.54, 1.807) is 0 Å². The van der Waals surface area contributed by atoms with Gasteiger partial charge in [-0.1, -0.05) is 30.3 Å². The van der Waals surface area contributed by atoms with Gasteiger partial charge >= 0.3 is 0 Å². The van der Waals surface area contributed by atoms with Crippen LogP contribution in [0.2, 0.25) is 0 Å². The number of hydrogen-bond donors (Lipinski definition) is 1. The number of hydrogen-bond acceptors (Lipinski definition) is 3. The van der Waals surface area contributed by atoms with Crippen LogP contribution in [0.1, 0.15) is 26.9 Å². The zero-order chi connectivity index (χ0) is 14.5. The van der Waals surface area contributed by atoms with Crippen LogP contribution in [0.3, 0.4) is 0 Å². The number of benzene rings is 2. The molecular weight excluding hydrogens is 298 g/mol. The molecule has 1 aliphatic rings. The summed E-state index contributed by atoms with van der Waals surface area (Å²) in [5.74, 6) is 2.40. The minimum absolute atomic E-state index is 0.0586. The molecule has 1 amide bonds. The van der Waals surface area contributed by atoms with Crippen LogP contribution in [0.15, 0.2) is 54.6 Å². The van der Waals surface area contributed by atoms with Crippen LogP contribution in [0.25, 0.3) is 0 Å². The van der Waals surface area contributed by atoms with Crippen LogP contribution < -0.4 is 5.32 Å². The molecule has 0 atom stereocenters. The zero-order valence-electron chi connectivity index (χ0n) is 11.6. The summed E-state index contributed by atoms with van der Waals surface area (Å²) in [6.07, 6.45) is 1.30. The summed E-state index contributed by atoms with van der Waals surface area (Å²) in [5, 5.41) is 2.91. The minimum atomic E-state index is -0.0586. The van der Waals surface area contributed by atoms with Gasteiger partial charge < -0.3 is 5.32 Å². The minimum Gasteiger partial charge on any atom is -0.322 e. The van der Waals surface area contributed by atoms with Crippen molar-refractivity contribution in [3.63, 3.8) is 0 Å². The first-order valence-electron chi connectivity index (χ1n) is 7.02. The monoisotopic (exact) mass is 315 g/mol. The number of carbonyl (C=O) groups is 1. The second-order valence-electron chi connectivity index (χ2n) is 4.87. The molecule has 1 heterocycles. The van der Waals surface area contributed by atoms with Crippen molar-refractivity contribution in [3.8, 4) is 0 Å². The highest BCUT2D eigenvalue weighted by Gasteiger charge is 2.16. The van der Waals surface area contributed by atoms with Gasteiger partial charge in [-0.05, 0) is 47.8 Å². The Hall–Kier alpha value is -1.39. The lowest BCUT2D eigenvalue weighted by Crippen LogP contribution is -2.11. The van der Waals surface area contributed by atoms with E-state index < -0.39 is 0 Å². The van der Waals surface area contributed by atoms with Crippen molar-refractivity contribution in [2.75, 3.05) is 16.8 Å². The van der Waals surface area contributed by atoms with E-state index in [4.69, 9.17) is 0 Å². The Bertz CT molecular complexity index is 592. The lowest BCUT2D eigenvalue weighted by molar-refractivity contribution is 0.102. The van der Waals surface area contributed by atoms with Crippen molar-refractivity contribution in [3.05, 3.63) is 65.7 Å². The van der Waals surface area contributed by atoms with Gasteiger partial charge in [0, 0.05) is 11.3 Å². The molecule has 1 saturated heterocycles. The number of carbonyl (C=O) groups excluding carboxylic acids is 1. The quantitative estimate of drug-likeness (QED) is 0.881. The number of nitrogens with one attached hydrogen (secondary N) is 1. The first kappa shape index (κ1) is 14.5. The van der Waals surface area contributed by atoms with E-state index in [1.807, 2.05) is 66.0 Å². The van der Waals surface area contributed by atoms with Crippen LogP contribution in [0.4, 0.5) is 5.69 Å². The average Bonchev–Trinajstić information content (AvgIpc) is 2.57. The molecule has 2 nitrogen and oxygen atoms in total. The molecule has 0 unspecified atom stereocenters. The maximum Gasteiger partial charge on any atom is 0.255 e. The van der Waals surface area contributed by atoms with E-state index in [1.165, 1.54) is 23.5 Å². The summed E-state index contributed by atoms with van der Waals surface area (Å²) in [5.41, 5.74) is 2.83. The first-order chi connectivity index (χ1) is 10.3. The van der Waals surface area contributed by atoms with Crippen LogP contribution >= 0.6 is 23.5 Å². The van der Waals surface area contributed by atoms with Gasteiger partial charge in [0.1, 0.15) is 0 Å². The maximum atomic E-state index is 12.2. The summed E-state index contributed by atoms with van der Waals surface area (Å²) in [6, 6.07) is 17.5. The Morgan fingerprint density at radius 2 is 1.62 bits per heavy atom. The summed E-state index contributed by atoms with van der Waals surface area (Å²) in [4.78, 5) is 12.2. The van der Waals surface area contributed by atoms with E-state index in [9.17, 15) is 4.79 Å². The van der Waals surface area contributed by atoms with Gasteiger partial charge in [0.15, 0.2) is 0 Å². The van der Waals surface area contributed by atoms with Gasteiger partial charge in [0.25, 0.3) is 5.91 Å². The molecule has 0 saturated carbocycles. The molecule has 4 heteroatoms. The Morgan fingerprint density at radius 3 is 2.29 bits per heavy atom. The smallest absolute Gasteiger partial charge is 0.255 e. The standard InChI is InChI=1S/C17H17NOS2/c19-16(18-15-5-2-1-3-6-15)13-7-9-14(10-8-13)17-20-11-4-12-21-17/h1-3,5-10,17H,4,11-12H2,(H,18,19). The highest BCUT2D eigenvalue weighted by atomic mass is 32.2. The molecule has 108 valence electrons. The average molecular weight is 315 g/mol. The molecule has 0 aliphatic carbocycles. The van der Waals surface area contributed by atoms with Gasteiger partial charge in [0.2, 0.25) is 0 Å². The second kappa shape index (κ2) is 7.05. The maximum absolute atomic E-state index is 12.2. The predicted molar refractivity (Wildman–Crippen MR) is 93.1 cm³/mol. The van der Waals surface area contributed by atoms with Gasteiger partial charge in [-0.25, -0.2) is 0 Å². The molecule has 0 spiro atoms. The van der Waals surface area contributed by atoms with Crippen LogP contribution in [0.5, 0.6) is 0 Å². The zero-order valence-corrected chi connectivity index (χ0v) is 13.3. The van der Waals surface area contributed by atoms with Crippen molar-refractivity contribution < 1.29 is 4.79 Å². The first-order valence-corrected chi connectivity index (χ1v) is 9.12. The van der Waals surface area contributed by atoms with E-state index >= 15 is 0 Å². The van der Waals surface area contributed by atoms with E-state index in [0.29, 0.717) is 10.1 Å². The Kier molecular flexibility index (Phi) is 4.88. The molecule has 1 N–H and O–H groups in total. The molecule has 2 aromatic carbocycles. The Balaban J connectivity index is 1.67. The number of thioether (sulfide) groups is 2. The van der Waals surface area contributed by atoms with Gasteiger partial charge in [-0.15, -0.1) is 23.5 Å². The Morgan fingerprint density at radius 1 is 0.952 bits per heavy atom. The van der Waals surface area contributed by atoms with Gasteiger partial charge in [-0.2, -0.15) is 0 Å². The van der Waals surface area contributed by atoms with Crippen LogP contribution in [-0.4, -0.2) is 17.4 Å². The number of anilines is 1. The fourth-order valence-electron chi connectivity index (χ4n) is 2.20. The second-order valence-corrected chi connectivity index (χ2v) is 7.59. The Labute approximate surface area is 133 Å². The fraction of sp³-hybridized carbons (Fsp3) is 0.235. The summed E-state index contributed by atoms with van der Waals surface area (Å²) >= 11 is 3.99. The van der Waals surface area contributed by atoms with Crippen molar-refractivity contribution in [1.29, 1.82) is 0 Å². The SMILES string of the molecule is O=C(Nc1ccccc1)c1ccc(C2SCCCS2)cc1. The molecule has 2 aromatic rings. The third-order valence-electron chi connectivity index (χ3n) is 3.30. The summed E-state index contributed by atoms with van der Waals surface area (Å²) < 4.78 is 0.519. The highest BCUT2D eigenvalue weighted by molar-refractivity contribution is 8.16. The molecule has 0 aromatic heterocycles. The van der Waals surface area contributed by atoms with Gasteiger partial charge in [-0.3, -0.25) is 4.79 Å². The molecule has 1 aliphatic heterocycles. The third kappa shape index (κ3) is 3.83. The summed E-state index contributed by atoms with van der Waals surface area (Å²) in [6.45, 7) is 0. The summed E-state index contributed by atoms with van der Waals surface area (Å²) in [7, 11) is 0. The lowest BCUT2D eigenvalue weighted by atomic mass is 10.1. The molecule has 0 bridgehead atoms. The van der Waals surface area contributed by atoms with Crippen molar-refractivity contribution >= 4 is 35.1 Å². The van der Waals surface area contributed by atoms with Crippen LogP contribution in [0, 0.1) is 0 Å². The highest BCUT2D eigenvalue weighted by Crippen LogP contribution is 2.43. The van der Waals surface area contributed by atoms with Crippen molar-refractivity contribution in [2.45, 2.75) is 11.0 Å². The normalized spacial score (nSPS) is 15.6. The van der Waals surface area contributed by atoms with Crippen LogP contribution in [-0.2, 0) is 0 Å². The fourth-order valence-corrected chi connectivity index (χ4v) is 5.09. The predicted octanol–water partition coefficient (Wildman–Crippen LogP) is 4.81. The number of amides is 1. The third-order valence-corrected chi connectivity index (χ3v) is 6.32. The molecule has 1 fully saturated rings. The number of para-hydroxylation sites is 1. The number of rotatable bonds is 3. The van der Waals surface area contributed by atoms with Crippen molar-refractivity contribution in [1.82, 2.24) is 0 Å². The molecule has 0 radical (unpaired) electrons. The lowest BCUT2D eigenvalue weighted by Gasteiger charge is -2.21. The molecular formula is C17H17NOS2. The molecule has 3 rings (SSSR count). The van der Waals surface area contributed by atoms with E-state index in [0.717, 1.165) is 5.69 Å². The van der Waals surface area contributed by atoms with Crippen molar-refractivity contribution in [2.24, 2.45) is 0 Å². The molecule has 21 heavy (non-hydrogen) atoms. The van der Waals surface area contributed by atoms with E-state index in [-0.39, 0.29) is 5.91 Å².